The topological polar surface area (TPSA) is 44.5 Å². The molecule has 4 unspecified atom stereocenters. The van der Waals surface area contributed by atoms with Crippen LogP contribution in [0.25, 0.3) is 0 Å². The average molecular weight is 197 g/mol. The highest BCUT2D eigenvalue weighted by atomic mass is 16.6. The number of ether oxygens (including phenoxy) is 2. The average Bonchev–Trinajstić information content (AvgIpc) is 2.77. The fraction of sp³-hybridized carbons (Fsp3) is 1.00. The Kier molecular flexibility index (Phi) is 2.08. The van der Waals surface area contributed by atoms with Crippen molar-refractivity contribution >= 4 is 0 Å². The second kappa shape index (κ2) is 3.19. The lowest BCUT2D eigenvalue weighted by Gasteiger charge is -2.39. The van der Waals surface area contributed by atoms with Crippen LogP contribution in [0.3, 0.4) is 0 Å². The smallest absolute Gasteiger partial charge is 0.0949 e. The van der Waals surface area contributed by atoms with E-state index in [0.29, 0.717) is 18.8 Å². The van der Waals surface area contributed by atoms with Gasteiger partial charge in [-0.3, -0.25) is 0 Å². The SMILES string of the molecule is NCC1CCC2(CCC3CCC2O3)O1. The second-order valence-electron chi connectivity index (χ2n) is 4.94. The maximum Gasteiger partial charge on any atom is 0.0949 e. The summed E-state index contributed by atoms with van der Waals surface area (Å²) in [6.07, 6.45) is 8.30. The molecule has 2 N–H and O–H groups in total. The lowest BCUT2D eigenvalue weighted by molar-refractivity contribution is -0.165. The van der Waals surface area contributed by atoms with Crippen LogP contribution >= 0.6 is 0 Å². The summed E-state index contributed by atoms with van der Waals surface area (Å²) in [6.45, 7) is 0.665. The molecule has 1 spiro atoms. The Morgan fingerprint density at radius 3 is 2.79 bits per heavy atom. The van der Waals surface area contributed by atoms with E-state index in [-0.39, 0.29) is 11.7 Å². The summed E-state index contributed by atoms with van der Waals surface area (Å²) in [5, 5.41) is 0. The molecule has 3 heterocycles. The lowest BCUT2D eigenvalue weighted by atomic mass is 9.87. The van der Waals surface area contributed by atoms with E-state index in [1.165, 1.54) is 25.7 Å². The van der Waals surface area contributed by atoms with Crippen molar-refractivity contribution in [1.82, 2.24) is 0 Å². The first kappa shape index (κ1) is 9.13. The van der Waals surface area contributed by atoms with E-state index in [2.05, 4.69) is 0 Å². The quantitative estimate of drug-likeness (QED) is 0.687. The number of hydrogen-bond acceptors (Lipinski definition) is 3. The third-order valence-corrected chi connectivity index (χ3v) is 4.14. The van der Waals surface area contributed by atoms with Crippen LogP contribution in [-0.2, 0) is 9.47 Å². The first-order chi connectivity index (χ1) is 6.82. The molecule has 3 nitrogen and oxygen atoms in total. The van der Waals surface area contributed by atoms with E-state index in [0.717, 1.165) is 12.8 Å². The number of fused-ring (bicyclic) bond motifs is 3. The Balaban J connectivity index is 1.77. The van der Waals surface area contributed by atoms with Crippen LogP contribution < -0.4 is 5.73 Å². The van der Waals surface area contributed by atoms with Crippen molar-refractivity contribution in [2.45, 2.75) is 62.4 Å². The van der Waals surface area contributed by atoms with E-state index >= 15 is 0 Å². The summed E-state index contributed by atoms with van der Waals surface area (Å²) in [6, 6.07) is 0. The molecule has 3 heteroatoms. The normalized spacial score (nSPS) is 51.6. The van der Waals surface area contributed by atoms with Gasteiger partial charge in [0.1, 0.15) is 0 Å². The molecule has 0 aromatic heterocycles. The summed E-state index contributed by atoms with van der Waals surface area (Å²) in [5.74, 6) is 0. The molecule has 80 valence electrons. The predicted octanol–water partition coefficient (Wildman–Crippen LogP) is 1.20. The van der Waals surface area contributed by atoms with Crippen LogP contribution in [0.2, 0.25) is 0 Å². The van der Waals surface area contributed by atoms with Gasteiger partial charge in [-0.25, -0.2) is 0 Å². The van der Waals surface area contributed by atoms with Gasteiger partial charge in [0.15, 0.2) is 0 Å². The summed E-state index contributed by atoms with van der Waals surface area (Å²) in [4.78, 5) is 0. The van der Waals surface area contributed by atoms with Crippen molar-refractivity contribution < 1.29 is 9.47 Å². The van der Waals surface area contributed by atoms with Crippen LogP contribution in [-0.4, -0.2) is 30.5 Å². The molecular formula is C11H19NO2. The first-order valence-corrected chi connectivity index (χ1v) is 5.86. The zero-order valence-corrected chi connectivity index (χ0v) is 8.58. The third kappa shape index (κ3) is 1.23. The van der Waals surface area contributed by atoms with E-state index in [4.69, 9.17) is 15.2 Å². The Hall–Kier alpha value is -0.120. The van der Waals surface area contributed by atoms with Gasteiger partial charge in [0.25, 0.3) is 0 Å². The Morgan fingerprint density at radius 2 is 2.00 bits per heavy atom. The van der Waals surface area contributed by atoms with E-state index < -0.39 is 0 Å². The van der Waals surface area contributed by atoms with Crippen LogP contribution in [0.1, 0.15) is 38.5 Å². The number of hydrogen-bond donors (Lipinski definition) is 1. The molecule has 0 aliphatic carbocycles. The highest BCUT2D eigenvalue weighted by molar-refractivity contribution is 5.02. The molecule has 3 saturated heterocycles. The fourth-order valence-electron chi connectivity index (χ4n) is 3.31. The summed E-state index contributed by atoms with van der Waals surface area (Å²) < 4.78 is 12.1. The molecule has 3 aliphatic heterocycles. The molecule has 0 amide bonds. The Morgan fingerprint density at radius 1 is 1.14 bits per heavy atom. The summed E-state index contributed by atoms with van der Waals surface area (Å²) in [5.41, 5.74) is 5.71. The van der Waals surface area contributed by atoms with E-state index in [1.807, 2.05) is 0 Å². The van der Waals surface area contributed by atoms with Gasteiger partial charge in [-0.2, -0.15) is 0 Å². The Labute approximate surface area is 84.9 Å². The van der Waals surface area contributed by atoms with Gasteiger partial charge in [-0.15, -0.1) is 0 Å². The predicted molar refractivity (Wildman–Crippen MR) is 53.0 cm³/mol. The highest BCUT2D eigenvalue weighted by Gasteiger charge is 2.52. The van der Waals surface area contributed by atoms with Crippen molar-refractivity contribution in [2.75, 3.05) is 6.54 Å². The van der Waals surface area contributed by atoms with E-state index in [1.54, 1.807) is 0 Å². The van der Waals surface area contributed by atoms with Crippen molar-refractivity contribution in [1.29, 1.82) is 0 Å². The minimum atomic E-state index is 0.0526. The van der Waals surface area contributed by atoms with E-state index in [9.17, 15) is 0 Å². The number of nitrogens with two attached hydrogens (primary N) is 1. The molecule has 14 heavy (non-hydrogen) atoms. The minimum absolute atomic E-state index is 0.0526. The van der Waals surface area contributed by atoms with Crippen molar-refractivity contribution in [2.24, 2.45) is 5.73 Å². The molecule has 2 bridgehead atoms. The fourth-order valence-corrected chi connectivity index (χ4v) is 3.31. The van der Waals surface area contributed by atoms with Gasteiger partial charge < -0.3 is 15.2 Å². The van der Waals surface area contributed by atoms with Crippen molar-refractivity contribution in [3.63, 3.8) is 0 Å². The molecular weight excluding hydrogens is 178 g/mol. The standard InChI is InChI=1S/C11H19NO2/c12-7-9-4-6-11(14-9)5-3-8-1-2-10(11)13-8/h8-10H,1-7,12H2. The second-order valence-corrected chi connectivity index (χ2v) is 4.94. The van der Waals surface area contributed by atoms with Gasteiger partial charge >= 0.3 is 0 Å². The molecule has 0 radical (unpaired) electrons. The Bertz CT molecular complexity index is 233. The minimum Gasteiger partial charge on any atom is -0.372 e. The molecule has 3 fully saturated rings. The van der Waals surface area contributed by atoms with Gasteiger partial charge in [0.2, 0.25) is 0 Å². The van der Waals surface area contributed by atoms with Crippen LogP contribution in [0, 0.1) is 0 Å². The molecule has 0 aromatic rings. The first-order valence-electron chi connectivity index (χ1n) is 5.86. The highest BCUT2D eigenvalue weighted by Crippen LogP contribution is 2.47. The lowest BCUT2D eigenvalue weighted by Crippen LogP contribution is -2.46. The molecule has 0 saturated carbocycles. The van der Waals surface area contributed by atoms with Crippen LogP contribution in [0.4, 0.5) is 0 Å². The maximum atomic E-state index is 6.12. The largest absolute Gasteiger partial charge is 0.372 e. The molecule has 4 atom stereocenters. The van der Waals surface area contributed by atoms with Gasteiger partial charge in [0, 0.05) is 6.54 Å². The molecule has 3 aliphatic rings. The van der Waals surface area contributed by atoms with Crippen LogP contribution in [0.5, 0.6) is 0 Å². The monoisotopic (exact) mass is 197 g/mol. The summed E-state index contributed by atoms with van der Waals surface area (Å²) in [7, 11) is 0. The third-order valence-electron chi connectivity index (χ3n) is 4.14. The zero-order valence-electron chi connectivity index (χ0n) is 8.58. The summed E-state index contributed by atoms with van der Waals surface area (Å²) >= 11 is 0. The zero-order chi connectivity index (χ0) is 9.60. The van der Waals surface area contributed by atoms with Crippen LogP contribution in [0.15, 0.2) is 0 Å². The van der Waals surface area contributed by atoms with Crippen molar-refractivity contribution in [3.8, 4) is 0 Å². The molecule has 0 aromatic carbocycles. The maximum absolute atomic E-state index is 6.12. The molecule has 3 rings (SSSR count). The number of rotatable bonds is 1. The van der Waals surface area contributed by atoms with Gasteiger partial charge in [-0.05, 0) is 38.5 Å². The van der Waals surface area contributed by atoms with Gasteiger partial charge in [0.05, 0.1) is 23.9 Å². The van der Waals surface area contributed by atoms with Crippen molar-refractivity contribution in [3.05, 3.63) is 0 Å². The van der Waals surface area contributed by atoms with Gasteiger partial charge in [-0.1, -0.05) is 0 Å².